The lowest BCUT2D eigenvalue weighted by Gasteiger charge is -2.23. The molecule has 1 saturated carbocycles. The normalized spacial score (nSPS) is 15.2. The van der Waals surface area contributed by atoms with E-state index in [-0.39, 0.29) is 28.8 Å². The van der Waals surface area contributed by atoms with Crippen LogP contribution in [0, 0.1) is 5.92 Å². The second-order valence-corrected chi connectivity index (χ2v) is 8.03. The molecule has 1 N–H and O–H groups in total. The van der Waals surface area contributed by atoms with E-state index in [0.29, 0.717) is 10.9 Å². The van der Waals surface area contributed by atoms with E-state index in [1.54, 1.807) is 35.9 Å². The highest BCUT2D eigenvalue weighted by Gasteiger charge is 2.31. The van der Waals surface area contributed by atoms with E-state index < -0.39 is 17.2 Å². The van der Waals surface area contributed by atoms with E-state index in [9.17, 15) is 22.8 Å². The van der Waals surface area contributed by atoms with Crippen LogP contribution >= 0.6 is 0 Å². The molecule has 1 heterocycles. The molecule has 162 valence electrons. The van der Waals surface area contributed by atoms with E-state index in [2.05, 4.69) is 5.32 Å². The van der Waals surface area contributed by atoms with E-state index in [1.807, 2.05) is 0 Å². The predicted molar refractivity (Wildman–Crippen MR) is 115 cm³/mol. The predicted octanol–water partition coefficient (Wildman–Crippen LogP) is 5.74. The zero-order valence-corrected chi connectivity index (χ0v) is 17.1. The molecule has 0 spiro atoms. The summed E-state index contributed by atoms with van der Waals surface area (Å²) in [5.74, 6) is -0.138. The molecule has 0 saturated heterocycles. The number of anilines is 1. The lowest BCUT2D eigenvalue weighted by Crippen LogP contribution is -2.28. The summed E-state index contributed by atoms with van der Waals surface area (Å²) in [4.78, 5) is 26.3. The molecule has 2 aromatic carbocycles. The van der Waals surface area contributed by atoms with E-state index >= 15 is 0 Å². The van der Waals surface area contributed by atoms with E-state index in [0.717, 1.165) is 44.2 Å². The SMILES string of the molecule is Cn1c(NC(=O)C2CCCCC2)c(-c2cccc(C(F)(F)F)c2)c(=O)c2ccccc21. The van der Waals surface area contributed by atoms with Gasteiger partial charge in [-0.15, -0.1) is 0 Å². The van der Waals surface area contributed by atoms with Crippen molar-refractivity contribution in [2.24, 2.45) is 13.0 Å². The molecule has 31 heavy (non-hydrogen) atoms. The molecule has 3 aromatic rings. The maximum absolute atomic E-state index is 13.4. The Bertz CT molecular complexity index is 1190. The van der Waals surface area contributed by atoms with Crippen molar-refractivity contribution in [2.45, 2.75) is 38.3 Å². The molecular formula is C24H23F3N2O2. The summed E-state index contributed by atoms with van der Waals surface area (Å²) < 4.78 is 41.6. The van der Waals surface area contributed by atoms with Crippen LogP contribution in [-0.2, 0) is 18.0 Å². The van der Waals surface area contributed by atoms with Crippen molar-refractivity contribution < 1.29 is 18.0 Å². The van der Waals surface area contributed by atoms with Gasteiger partial charge in [-0.25, -0.2) is 0 Å². The number of nitrogens with zero attached hydrogens (tertiary/aromatic N) is 1. The Morgan fingerprint density at radius 3 is 2.45 bits per heavy atom. The number of halogens is 3. The molecule has 7 heteroatoms. The van der Waals surface area contributed by atoms with Gasteiger partial charge in [-0.1, -0.05) is 43.5 Å². The standard InChI is InChI=1S/C24H23F3N2O2/c1-29-19-13-6-5-12-18(19)21(30)20(16-10-7-11-17(14-16)24(25,26)27)22(29)28-23(31)15-8-3-2-4-9-15/h5-7,10-15H,2-4,8-9H2,1H3,(H,28,31). The van der Waals surface area contributed by atoms with Crippen molar-refractivity contribution in [3.05, 3.63) is 64.3 Å². The first kappa shape index (κ1) is 21.2. The third-order valence-corrected chi connectivity index (χ3v) is 6.01. The highest BCUT2D eigenvalue weighted by atomic mass is 19.4. The lowest BCUT2D eigenvalue weighted by molar-refractivity contribution is -0.137. The number of hydrogen-bond donors (Lipinski definition) is 1. The number of fused-ring (bicyclic) bond motifs is 1. The zero-order valence-electron chi connectivity index (χ0n) is 17.1. The molecule has 1 aliphatic rings. The summed E-state index contributed by atoms with van der Waals surface area (Å²) in [7, 11) is 1.70. The zero-order chi connectivity index (χ0) is 22.2. The van der Waals surface area contributed by atoms with Gasteiger partial charge < -0.3 is 9.88 Å². The average molecular weight is 428 g/mol. The first-order chi connectivity index (χ1) is 14.8. The summed E-state index contributed by atoms with van der Waals surface area (Å²) in [5.41, 5.74) is -0.463. The summed E-state index contributed by atoms with van der Waals surface area (Å²) >= 11 is 0. The summed E-state index contributed by atoms with van der Waals surface area (Å²) in [6.07, 6.45) is 0.0281. The molecule has 1 aliphatic carbocycles. The van der Waals surface area contributed by atoms with Crippen LogP contribution in [0.4, 0.5) is 19.0 Å². The Balaban J connectivity index is 1.91. The lowest BCUT2D eigenvalue weighted by atomic mass is 9.88. The number of hydrogen-bond acceptors (Lipinski definition) is 2. The van der Waals surface area contributed by atoms with E-state index in [1.165, 1.54) is 12.1 Å². The van der Waals surface area contributed by atoms with Crippen LogP contribution in [0.15, 0.2) is 53.3 Å². The molecule has 0 radical (unpaired) electrons. The fourth-order valence-corrected chi connectivity index (χ4v) is 4.34. The minimum absolute atomic E-state index is 0.0662. The average Bonchev–Trinajstić information content (AvgIpc) is 2.77. The van der Waals surface area contributed by atoms with Crippen LogP contribution in [0.25, 0.3) is 22.0 Å². The number of para-hydroxylation sites is 1. The minimum Gasteiger partial charge on any atom is -0.330 e. The Morgan fingerprint density at radius 2 is 1.74 bits per heavy atom. The number of carbonyl (C=O) groups excluding carboxylic acids is 1. The smallest absolute Gasteiger partial charge is 0.330 e. The fraction of sp³-hybridized carbons (Fsp3) is 0.333. The third-order valence-electron chi connectivity index (χ3n) is 6.01. The molecule has 0 unspecified atom stereocenters. The number of benzene rings is 2. The minimum atomic E-state index is -4.54. The van der Waals surface area contributed by atoms with Gasteiger partial charge in [-0.3, -0.25) is 9.59 Å². The molecular weight excluding hydrogens is 405 g/mol. The number of rotatable bonds is 3. The number of aryl methyl sites for hydroxylation is 1. The van der Waals surface area contributed by atoms with E-state index in [4.69, 9.17) is 0 Å². The van der Waals surface area contributed by atoms with Crippen LogP contribution in [0.5, 0.6) is 0 Å². The number of aromatic nitrogens is 1. The Labute approximate surface area is 177 Å². The van der Waals surface area contributed by atoms with Crippen molar-refractivity contribution in [1.82, 2.24) is 4.57 Å². The van der Waals surface area contributed by atoms with Crippen molar-refractivity contribution >= 4 is 22.6 Å². The molecule has 0 atom stereocenters. The second kappa shape index (κ2) is 8.21. The maximum Gasteiger partial charge on any atom is 0.416 e. The largest absolute Gasteiger partial charge is 0.416 e. The van der Waals surface area contributed by atoms with Crippen molar-refractivity contribution in [1.29, 1.82) is 0 Å². The van der Waals surface area contributed by atoms with Crippen LogP contribution in [0.2, 0.25) is 0 Å². The van der Waals surface area contributed by atoms with Crippen molar-refractivity contribution in [3.63, 3.8) is 0 Å². The monoisotopic (exact) mass is 428 g/mol. The summed E-state index contributed by atoms with van der Waals surface area (Å²) in [6, 6.07) is 11.6. The Kier molecular flexibility index (Phi) is 5.60. The molecule has 0 bridgehead atoms. The van der Waals surface area contributed by atoms with Gasteiger partial charge in [0.05, 0.1) is 16.6 Å². The van der Waals surface area contributed by atoms with Crippen LogP contribution in [0.1, 0.15) is 37.7 Å². The molecule has 1 fully saturated rings. The second-order valence-electron chi connectivity index (χ2n) is 8.03. The van der Waals surface area contributed by atoms with Gasteiger partial charge in [0.2, 0.25) is 5.91 Å². The van der Waals surface area contributed by atoms with Gasteiger partial charge >= 0.3 is 6.18 Å². The summed E-state index contributed by atoms with van der Waals surface area (Å²) in [5, 5.41) is 3.26. The molecule has 1 amide bonds. The summed E-state index contributed by atoms with van der Waals surface area (Å²) in [6.45, 7) is 0. The topological polar surface area (TPSA) is 51.1 Å². The molecule has 1 aromatic heterocycles. The van der Waals surface area contributed by atoms with Crippen LogP contribution in [0.3, 0.4) is 0 Å². The number of alkyl halides is 3. The number of nitrogens with one attached hydrogen (secondary N) is 1. The van der Waals surface area contributed by atoms with Crippen molar-refractivity contribution in [3.8, 4) is 11.1 Å². The van der Waals surface area contributed by atoms with Crippen molar-refractivity contribution in [2.75, 3.05) is 5.32 Å². The molecule has 0 aliphatic heterocycles. The van der Waals surface area contributed by atoms with Gasteiger partial charge in [-0.2, -0.15) is 13.2 Å². The number of amides is 1. The quantitative estimate of drug-likeness (QED) is 0.578. The number of carbonyl (C=O) groups is 1. The fourth-order valence-electron chi connectivity index (χ4n) is 4.34. The molecule has 4 nitrogen and oxygen atoms in total. The highest BCUT2D eigenvalue weighted by Crippen LogP contribution is 2.35. The first-order valence-corrected chi connectivity index (χ1v) is 10.4. The van der Waals surface area contributed by atoms with Gasteiger partial charge in [-0.05, 0) is 42.7 Å². The van der Waals surface area contributed by atoms with Gasteiger partial charge in [0.15, 0.2) is 5.43 Å². The van der Waals surface area contributed by atoms with Crippen LogP contribution < -0.4 is 10.7 Å². The van der Waals surface area contributed by atoms with Gasteiger partial charge in [0, 0.05) is 18.4 Å². The number of pyridine rings is 1. The van der Waals surface area contributed by atoms with Gasteiger partial charge in [0.25, 0.3) is 0 Å². The Hall–Kier alpha value is -3.09. The highest BCUT2D eigenvalue weighted by molar-refractivity contribution is 5.99. The maximum atomic E-state index is 13.4. The molecule has 4 rings (SSSR count). The third kappa shape index (κ3) is 4.09. The first-order valence-electron chi connectivity index (χ1n) is 10.4. The van der Waals surface area contributed by atoms with Crippen LogP contribution in [-0.4, -0.2) is 10.5 Å². The Morgan fingerprint density at radius 1 is 1.03 bits per heavy atom. The van der Waals surface area contributed by atoms with Gasteiger partial charge in [0.1, 0.15) is 5.82 Å².